The van der Waals surface area contributed by atoms with E-state index in [2.05, 4.69) is 14.2 Å². The van der Waals surface area contributed by atoms with Crippen molar-refractivity contribution in [2.24, 2.45) is 0 Å². The minimum absolute atomic E-state index is 0.123. The number of hydrogen-bond donors (Lipinski definition) is 0. The lowest BCUT2D eigenvalue weighted by atomic mass is 10.2. The first-order valence-corrected chi connectivity index (χ1v) is 3.48. The second kappa shape index (κ2) is 7.14. The third-order valence-electron chi connectivity index (χ3n) is 1.07. The van der Waals surface area contributed by atoms with Gasteiger partial charge in [-0.1, -0.05) is 0 Å². The molecule has 72 valence electrons. The Kier molecular flexibility index (Phi) is 6.30. The molecule has 0 aliphatic heterocycles. The maximum Gasteiger partial charge on any atom is 0.293 e. The SMILES string of the molecule is BC(=O)OCC(COC=O)OC=O. The summed E-state index contributed by atoms with van der Waals surface area (Å²) >= 11 is 0. The highest BCUT2D eigenvalue weighted by atomic mass is 16.6. The van der Waals surface area contributed by atoms with Crippen LogP contribution in [0.5, 0.6) is 0 Å². The molecule has 0 aliphatic rings. The molecule has 0 aromatic rings. The second-order valence-electron chi connectivity index (χ2n) is 2.09. The van der Waals surface area contributed by atoms with Gasteiger partial charge in [-0.3, -0.25) is 14.4 Å². The zero-order chi connectivity index (χ0) is 10.1. The van der Waals surface area contributed by atoms with Crippen molar-refractivity contribution in [3.8, 4) is 0 Å². The molecule has 0 aliphatic carbocycles. The summed E-state index contributed by atoms with van der Waals surface area (Å²) in [6.45, 7) is 0.161. The van der Waals surface area contributed by atoms with Gasteiger partial charge in [-0.15, -0.1) is 0 Å². The molecule has 0 saturated heterocycles. The maximum atomic E-state index is 10.3. The summed E-state index contributed by atoms with van der Waals surface area (Å²) in [4.78, 5) is 30.0. The minimum atomic E-state index is -0.744. The van der Waals surface area contributed by atoms with E-state index in [9.17, 15) is 14.4 Å². The highest BCUT2D eigenvalue weighted by Crippen LogP contribution is 1.92. The summed E-state index contributed by atoms with van der Waals surface area (Å²) < 4.78 is 13.3. The number of rotatable bonds is 7. The molecule has 0 radical (unpaired) electrons. The van der Waals surface area contributed by atoms with E-state index >= 15 is 0 Å². The fourth-order valence-electron chi connectivity index (χ4n) is 0.562. The van der Waals surface area contributed by atoms with Gasteiger partial charge in [0.1, 0.15) is 13.2 Å². The van der Waals surface area contributed by atoms with Crippen molar-refractivity contribution in [3.05, 3.63) is 0 Å². The Morgan fingerprint density at radius 2 is 2.00 bits per heavy atom. The molecular weight excluding hydrogens is 179 g/mol. The molecule has 0 bridgehead atoms. The van der Waals surface area contributed by atoms with Gasteiger partial charge < -0.3 is 14.2 Å². The van der Waals surface area contributed by atoms with Crippen LogP contribution >= 0.6 is 0 Å². The van der Waals surface area contributed by atoms with Crippen molar-refractivity contribution >= 4 is 26.7 Å². The zero-order valence-corrected chi connectivity index (χ0v) is 7.10. The van der Waals surface area contributed by atoms with Crippen molar-refractivity contribution < 1.29 is 28.6 Å². The third kappa shape index (κ3) is 6.86. The lowest BCUT2D eigenvalue weighted by molar-refractivity contribution is -0.144. The van der Waals surface area contributed by atoms with Gasteiger partial charge >= 0.3 is 0 Å². The van der Waals surface area contributed by atoms with Crippen molar-refractivity contribution in [3.63, 3.8) is 0 Å². The van der Waals surface area contributed by atoms with E-state index in [1.54, 1.807) is 0 Å². The molecule has 0 heterocycles. The highest BCUT2D eigenvalue weighted by Gasteiger charge is 2.11. The molecular formula is C6H9BO6. The molecule has 6 nitrogen and oxygen atoms in total. The number of ether oxygens (including phenoxy) is 3. The summed E-state index contributed by atoms with van der Waals surface area (Å²) in [5, 5.41) is 0. The summed E-state index contributed by atoms with van der Waals surface area (Å²) in [6.07, 6.45) is -0.744. The Balaban J connectivity index is 3.71. The van der Waals surface area contributed by atoms with Crippen LogP contribution in [0.4, 0.5) is 4.79 Å². The number of hydrogen-bond acceptors (Lipinski definition) is 6. The van der Waals surface area contributed by atoms with Gasteiger partial charge in [-0.25, -0.2) is 0 Å². The van der Waals surface area contributed by atoms with Gasteiger partial charge in [0.15, 0.2) is 6.10 Å². The second-order valence-corrected chi connectivity index (χ2v) is 2.09. The Morgan fingerprint density at radius 1 is 1.31 bits per heavy atom. The van der Waals surface area contributed by atoms with Gasteiger partial charge in [-0.2, -0.15) is 0 Å². The fourth-order valence-corrected chi connectivity index (χ4v) is 0.562. The van der Waals surface area contributed by atoms with Crippen LogP contribution in [-0.2, 0) is 23.8 Å². The number of carbonyl (C=O) groups is 3. The molecule has 1 unspecified atom stereocenters. The predicted octanol–water partition coefficient (Wildman–Crippen LogP) is -1.53. The van der Waals surface area contributed by atoms with Crippen LogP contribution in [-0.4, -0.2) is 46.0 Å². The van der Waals surface area contributed by atoms with E-state index in [1.165, 1.54) is 7.85 Å². The molecule has 0 fully saturated rings. The molecule has 0 N–H and O–H groups in total. The molecule has 0 saturated carbocycles. The predicted molar refractivity (Wildman–Crippen MR) is 42.8 cm³/mol. The molecule has 0 rings (SSSR count). The monoisotopic (exact) mass is 188 g/mol. The van der Waals surface area contributed by atoms with Crippen LogP contribution in [0.3, 0.4) is 0 Å². The molecule has 0 aromatic carbocycles. The first-order valence-electron chi connectivity index (χ1n) is 3.48. The first kappa shape index (κ1) is 11.5. The average Bonchev–Trinajstić information content (AvgIpc) is 2.09. The van der Waals surface area contributed by atoms with Crippen LogP contribution < -0.4 is 0 Å². The molecule has 0 amide bonds. The van der Waals surface area contributed by atoms with Crippen LogP contribution in [0.15, 0.2) is 0 Å². The van der Waals surface area contributed by atoms with Crippen LogP contribution in [0, 0.1) is 0 Å². The number of carbonyl (C=O) groups excluding carboxylic acids is 3. The fraction of sp³-hybridized carbons (Fsp3) is 0.500. The topological polar surface area (TPSA) is 78.9 Å². The van der Waals surface area contributed by atoms with E-state index in [0.717, 1.165) is 0 Å². The van der Waals surface area contributed by atoms with Crippen molar-refractivity contribution in [2.75, 3.05) is 13.2 Å². The maximum absolute atomic E-state index is 10.3. The molecule has 0 spiro atoms. The standard InChI is InChI=1S/C6H9BO6/c7-6(10)12-2-5(13-4-9)1-11-3-8/h3-5H,1-2,7H2. The van der Waals surface area contributed by atoms with E-state index in [0.29, 0.717) is 0 Å². The Labute approximate surface area is 75.5 Å². The summed E-state index contributed by atoms with van der Waals surface area (Å²) in [5.41, 5.74) is 0. The lowest BCUT2D eigenvalue weighted by Crippen LogP contribution is -2.26. The largest absolute Gasteiger partial charge is 0.470 e. The van der Waals surface area contributed by atoms with Gasteiger partial charge in [0.25, 0.3) is 12.9 Å². The molecule has 13 heavy (non-hydrogen) atoms. The van der Waals surface area contributed by atoms with Gasteiger partial charge in [0.2, 0.25) is 13.7 Å². The quantitative estimate of drug-likeness (QED) is 0.274. The smallest absolute Gasteiger partial charge is 0.293 e. The average molecular weight is 188 g/mol. The summed E-state index contributed by atoms with van der Waals surface area (Å²) in [5.74, 6) is -0.495. The van der Waals surface area contributed by atoms with Crippen molar-refractivity contribution in [2.45, 2.75) is 6.10 Å². The zero-order valence-electron chi connectivity index (χ0n) is 7.10. The molecule has 0 aromatic heterocycles. The molecule has 7 heteroatoms. The first-order chi connectivity index (χ1) is 6.20. The summed E-state index contributed by atoms with van der Waals surface area (Å²) in [6, 6.07) is 0. The van der Waals surface area contributed by atoms with Crippen molar-refractivity contribution in [1.29, 1.82) is 0 Å². The Bertz CT molecular complexity index is 182. The highest BCUT2D eigenvalue weighted by molar-refractivity contribution is 6.55. The van der Waals surface area contributed by atoms with Crippen LogP contribution in [0.25, 0.3) is 0 Å². The summed E-state index contributed by atoms with van der Waals surface area (Å²) in [7, 11) is 1.22. The Morgan fingerprint density at radius 3 is 2.46 bits per heavy atom. The van der Waals surface area contributed by atoms with E-state index in [-0.39, 0.29) is 26.2 Å². The van der Waals surface area contributed by atoms with Gasteiger partial charge in [0, 0.05) is 0 Å². The third-order valence-corrected chi connectivity index (χ3v) is 1.07. The van der Waals surface area contributed by atoms with Crippen molar-refractivity contribution in [1.82, 2.24) is 0 Å². The molecule has 1 atom stereocenters. The van der Waals surface area contributed by atoms with Gasteiger partial charge in [-0.05, 0) is 0 Å². The normalized spacial score (nSPS) is 11.1. The minimum Gasteiger partial charge on any atom is -0.470 e. The van der Waals surface area contributed by atoms with E-state index in [1.807, 2.05) is 0 Å². The van der Waals surface area contributed by atoms with Crippen LogP contribution in [0.2, 0.25) is 0 Å². The Hall–Kier alpha value is -1.53. The van der Waals surface area contributed by atoms with Gasteiger partial charge in [0.05, 0.1) is 0 Å². The lowest BCUT2D eigenvalue weighted by Gasteiger charge is -2.12. The van der Waals surface area contributed by atoms with Crippen LogP contribution in [0.1, 0.15) is 0 Å². The van der Waals surface area contributed by atoms with E-state index < -0.39 is 12.0 Å². The van der Waals surface area contributed by atoms with E-state index in [4.69, 9.17) is 0 Å².